The molecule has 1 heterocycles. The molecule has 0 saturated carbocycles. The van der Waals surface area contributed by atoms with E-state index in [0.29, 0.717) is 29.2 Å². The number of benzene rings is 1. The number of aliphatic hydroxyl groups excluding tert-OH is 1. The number of halogens is 2. The fourth-order valence-electron chi connectivity index (χ4n) is 1.86. The quantitative estimate of drug-likeness (QED) is 0.887. The van der Waals surface area contributed by atoms with E-state index in [1.54, 1.807) is 18.2 Å². The van der Waals surface area contributed by atoms with E-state index in [0.717, 1.165) is 18.6 Å². The van der Waals surface area contributed by atoms with Crippen LogP contribution in [0.2, 0.25) is 10.0 Å². The number of hydrogen-bond acceptors (Lipinski definition) is 3. The first kappa shape index (κ1) is 13.1. The van der Waals surface area contributed by atoms with E-state index < -0.39 is 6.10 Å². The molecule has 2 rings (SSSR count). The summed E-state index contributed by atoms with van der Waals surface area (Å²) < 4.78 is 5.25. The van der Waals surface area contributed by atoms with Gasteiger partial charge in [-0.1, -0.05) is 23.2 Å². The van der Waals surface area contributed by atoms with Gasteiger partial charge in [0.15, 0.2) is 0 Å². The van der Waals surface area contributed by atoms with Crippen LogP contribution in [0.3, 0.4) is 0 Å². The van der Waals surface area contributed by atoms with E-state index in [9.17, 15) is 5.11 Å². The van der Waals surface area contributed by atoms with Crippen molar-refractivity contribution in [1.29, 1.82) is 0 Å². The third-order valence-corrected chi connectivity index (χ3v) is 3.24. The number of aliphatic hydroxyl groups is 1. The van der Waals surface area contributed by atoms with Crippen LogP contribution < -0.4 is 5.32 Å². The Labute approximate surface area is 111 Å². The molecule has 0 bridgehead atoms. The van der Waals surface area contributed by atoms with E-state index >= 15 is 0 Å². The lowest BCUT2D eigenvalue weighted by molar-refractivity contribution is 0.161. The lowest BCUT2D eigenvalue weighted by Crippen LogP contribution is -2.32. The zero-order valence-corrected chi connectivity index (χ0v) is 10.8. The summed E-state index contributed by atoms with van der Waals surface area (Å²) in [4.78, 5) is 0. The minimum absolute atomic E-state index is 0.333. The van der Waals surface area contributed by atoms with Gasteiger partial charge >= 0.3 is 0 Å². The zero-order chi connectivity index (χ0) is 12.3. The maximum absolute atomic E-state index is 10.0. The molecule has 1 aromatic rings. The second-order valence-corrected chi connectivity index (χ2v) is 5.06. The molecule has 1 aliphatic heterocycles. The van der Waals surface area contributed by atoms with Gasteiger partial charge < -0.3 is 15.2 Å². The predicted molar refractivity (Wildman–Crippen MR) is 68.6 cm³/mol. The molecular weight excluding hydrogens is 261 g/mol. The monoisotopic (exact) mass is 275 g/mol. The summed E-state index contributed by atoms with van der Waals surface area (Å²) in [5, 5.41) is 14.3. The maximum Gasteiger partial charge on any atom is 0.0915 e. The van der Waals surface area contributed by atoms with Crippen molar-refractivity contribution in [1.82, 2.24) is 5.32 Å². The molecule has 2 atom stereocenters. The van der Waals surface area contributed by atoms with Gasteiger partial charge in [-0.2, -0.15) is 0 Å². The van der Waals surface area contributed by atoms with Crippen LogP contribution in [-0.4, -0.2) is 30.9 Å². The van der Waals surface area contributed by atoms with Gasteiger partial charge in [-0.15, -0.1) is 0 Å². The van der Waals surface area contributed by atoms with Gasteiger partial charge in [0.05, 0.1) is 12.7 Å². The van der Waals surface area contributed by atoms with Crippen molar-refractivity contribution in [2.24, 2.45) is 0 Å². The standard InChI is InChI=1S/C12H15Cl2NO2/c13-9-3-8(4-10(14)5-9)12(16)6-15-11-1-2-17-7-11/h3-5,11-12,15-16H,1-2,6-7H2. The van der Waals surface area contributed by atoms with Crippen LogP contribution in [0.1, 0.15) is 18.1 Å². The first-order valence-electron chi connectivity index (χ1n) is 5.60. The van der Waals surface area contributed by atoms with Crippen LogP contribution in [0, 0.1) is 0 Å². The first-order chi connectivity index (χ1) is 8.15. The summed E-state index contributed by atoms with van der Waals surface area (Å²) in [7, 11) is 0. The number of rotatable bonds is 4. The Bertz CT molecular complexity index is 361. The fourth-order valence-corrected chi connectivity index (χ4v) is 2.40. The van der Waals surface area contributed by atoms with E-state index in [2.05, 4.69) is 5.32 Å². The third kappa shape index (κ3) is 3.83. The molecule has 1 aromatic carbocycles. The molecule has 0 aromatic heterocycles. The molecule has 0 radical (unpaired) electrons. The Morgan fingerprint density at radius 3 is 2.65 bits per heavy atom. The van der Waals surface area contributed by atoms with Crippen molar-refractivity contribution in [2.75, 3.05) is 19.8 Å². The van der Waals surface area contributed by atoms with Crippen LogP contribution >= 0.6 is 23.2 Å². The molecule has 5 heteroatoms. The van der Waals surface area contributed by atoms with Gasteiger partial charge in [0.2, 0.25) is 0 Å². The predicted octanol–water partition coefficient (Wildman–Crippen LogP) is 2.41. The highest BCUT2D eigenvalue weighted by Gasteiger charge is 2.17. The van der Waals surface area contributed by atoms with Gasteiger partial charge in [-0.25, -0.2) is 0 Å². The SMILES string of the molecule is OC(CNC1CCOC1)c1cc(Cl)cc(Cl)c1. The topological polar surface area (TPSA) is 41.5 Å². The van der Waals surface area contributed by atoms with Crippen LogP contribution in [0.5, 0.6) is 0 Å². The number of hydrogen-bond donors (Lipinski definition) is 2. The summed E-state index contributed by atoms with van der Waals surface area (Å²) in [6, 6.07) is 5.44. The molecule has 3 nitrogen and oxygen atoms in total. The van der Waals surface area contributed by atoms with Crippen molar-refractivity contribution in [3.8, 4) is 0 Å². The smallest absolute Gasteiger partial charge is 0.0915 e. The summed E-state index contributed by atoms with van der Waals surface area (Å²) >= 11 is 11.8. The van der Waals surface area contributed by atoms with Gasteiger partial charge in [0.25, 0.3) is 0 Å². The highest BCUT2D eigenvalue weighted by molar-refractivity contribution is 6.34. The van der Waals surface area contributed by atoms with Crippen molar-refractivity contribution < 1.29 is 9.84 Å². The van der Waals surface area contributed by atoms with E-state index in [-0.39, 0.29) is 0 Å². The van der Waals surface area contributed by atoms with Crippen molar-refractivity contribution in [3.05, 3.63) is 33.8 Å². The second-order valence-electron chi connectivity index (χ2n) is 4.19. The summed E-state index contributed by atoms with van der Waals surface area (Å²) in [5.41, 5.74) is 0.730. The second kappa shape index (κ2) is 6.03. The van der Waals surface area contributed by atoms with Gasteiger partial charge in [0, 0.05) is 29.2 Å². The van der Waals surface area contributed by atoms with Crippen LogP contribution in [0.15, 0.2) is 18.2 Å². The Balaban J connectivity index is 1.91. The average Bonchev–Trinajstić information content (AvgIpc) is 2.77. The van der Waals surface area contributed by atoms with Crippen LogP contribution in [-0.2, 0) is 4.74 Å². The normalized spacial score (nSPS) is 21.7. The number of nitrogens with one attached hydrogen (secondary N) is 1. The minimum atomic E-state index is -0.605. The molecule has 2 unspecified atom stereocenters. The van der Waals surface area contributed by atoms with Gasteiger partial charge in [0.1, 0.15) is 0 Å². The summed E-state index contributed by atoms with van der Waals surface area (Å²) in [6.45, 7) is 1.98. The lowest BCUT2D eigenvalue weighted by atomic mass is 10.1. The highest BCUT2D eigenvalue weighted by atomic mass is 35.5. The first-order valence-corrected chi connectivity index (χ1v) is 6.36. The molecule has 94 valence electrons. The van der Waals surface area contributed by atoms with Crippen molar-refractivity contribution in [2.45, 2.75) is 18.6 Å². The molecule has 1 saturated heterocycles. The summed E-state index contributed by atoms with van der Waals surface area (Å²) in [5.74, 6) is 0. The van der Waals surface area contributed by atoms with Crippen LogP contribution in [0.25, 0.3) is 0 Å². The van der Waals surface area contributed by atoms with E-state index in [1.165, 1.54) is 0 Å². The average molecular weight is 276 g/mol. The fraction of sp³-hybridized carbons (Fsp3) is 0.500. The van der Waals surface area contributed by atoms with Crippen molar-refractivity contribution >= 4 is 23.2 Å². The molecule has 0 aliphatic carbocycles. The molecule has 1 fully saturated rings. The zero-order valence-electron chi connectivity index (χ0n) is 9.33. The van der Waals surface area contributed by atoms with Crippen LogP contribution in [0.4, 0.5) is 0 Å². The summed E-state index contributed by atoms with van der Waals surface area (Å²) in [6.07, 6.45) is 0.384. The molecular formula is C12H15Cl2NO2. The maximum atomic E-state index is 10.0. The molecule has 2 N–H and O–H groups in total. The largest absolute Gasteiger partial charge is 0.387 e. The third-order valence-electron chi connectivity index (χ3n) is 2.80. The molecule has 0 amide bonds. The molecule has 17 heavy (non-hydrogen) atoms. The van der Waals surface area contributed by atoms with Gasteiger partial charge in [-0.3, -0.25) is 0 Å². The highest BCUT2D eigenvalue weighted by Crippen LogP contribution is 2.23. The van der Waals surface area contributed by atoms with Gasteiger partial charge in [-0.05, 0) is 30.2 Å². The van der Waals surface area contributed by atoms with E-state index in [4.69, 9.17) is 27.9 Å². The molecule has 0 spiro atoms. The lowest BCUT2D eigenvalue weighted by Gasteiger charge is -2.16. The Morgan fingerprint density at radius 1 is 1.35 bits per heavy atom. The Hall–Kier alpha value is -0.320. The Morgan fingerprint density at radius 2 is 2.06 bits per heavy atom. The van der Waals surface area contributed by atoms with E-state index in [1.807, 2.05) is 0 Å². The minimum Gasteiger partial charge on any atom is -0.387 e. The van der Waals surface area contributed by atoms with Crippen molar-refractivity contribution in [3.63, 3.8) is 0 Å². The number of ether oxygens (including phenoxy) is 1. The Kier molecular flexibility index (Phi) is 4.65. The molecule has 1 aliphatic rings.